The van der Waals surface area contributed by atoms with Gasteiger partial charge < -0.3 is 44.3 Å². The average molecular weight is 1310 g/mol. The molecular weight excluding hydrogens is 1240 g/mol. The molecule has 3 N–H and O–H groups in total. The van der Waals surface area contributed by atoms with Gasteiger partial charge in [-0.2, -0.15) is 20.4 Å². The van der Waals surface area contributed by atoms with E-state index in [4.69, 9.17) is 88.6 Å². The van der Waals surface area contributed by atoms with E-state index < -0.39 is 0 Å². The number of esters is 1. The van der Waals surface area contributed by atoms with Crippen LogP contribution in [0.5, 0.6) is 17.2 Å². The Morgan fingerprint density at radius 2 is 0.920 bits per heavy atom. The Morgan fingerprint density at radius 3 is 1.29 bits per heavy atom. The molecule has 4 aromatic heterocycles. The maximum atomic E-state index is 12.3. The van der Waals surface area contributed by atoms with Crippen LogP contribution >= 0.6 is 69.6 Å². The Kier molecular flexibility index (Phi) is 33.7. The molecule has 3 aliphatic rings. The molecule has 458 valence electrons. The first-order chi connectivity index (χ1) is 41.1. The van der Waals surface area contributed by atoms with E-state index >= 15 is 0 Å². The van der Waals surface area contributed by atoms with Crippen LogP contribution in [0, 0.1) is 0 Å². The molecule has 28 heteroatoms. The number of rotatable bonds is 15. The van der Waals surface area contributed by atoms with Crippen molar-refractivity contribution in [3.63, 3.8) is 0 Å². The third-order valence-electron chi connectivity index (χ3n) is 12.5. The predicted octanol–water partition coefficient (Wildman–Crippen LogP) is 6.75. The Bertz CT molecular complexity index is 3220. The van der Waals surface area contributed by atoms with Gasteiger partial charge >= 0.3 is 24.8 Å². The fourth-order valence-corrected chi connectivity index (χ4v) is 9.15. The van der Waals surface area contributed by atoms with Crippen molar-refractivity contribution < 1.29 is 62.5 Å². The van der Waals surface area contributed by atoms with E-state index in [1.807, 2.05) is 64.4 Å². The number of hydrogen-bond donors (Lipinski definition) is 2. The second kappa shape index (κ2) is 40.1. The molecule has 0 spiro atoms. The first-order valence-corrected chi connectivity index (χ1v) is 29.4. The summed E-state index contributed by atoms with van der Waals surface area (Å²) in [6, 6.07) is 35.1. The molecule has 7 heterocycles. The van der Waals surface area contributed by atoms with Gasteiger partial charge in [0.25, 0.3) is 5.56 Å². The molecule has 0 atom stereocenters. The van der Waals surface area contributed by atoms with Gasteiger partial charge in [-0.3, -0.25) is 25.5 Å². The van der Waals surface area contributed by atoms with Gasteiger partial charge in [0, 0.05) is 78.7 Å². The van der Waals surface area contributed by atoms with Crippen molar-refractivity contribution in [2.75, 3.05) is 45.9 Å². The number of benzene rings is 3. The maximum Gasteiger partial charge on any atom is 1.00 e. The van der Waals surface area contributed by atoms with Gasteiger partial charge in [-0.25, -0.2) is 5.10 Å². The number of nitrogens with zero attached hydrogens (tertiary/aromatic N) is 9. The van der Waals surface area contributed by atoms with Crippen LogP contribution in [-0.4, -0.2) is 144 Å². The van der Waals surface area contributed by atoms with Crippen LogP contribution in [0.3, 0.4) is 0 Å². The van der Waals surface area contributed by atoms with Crippen LogP contribution in [0.2, 0.25) is 30.5 Å². The molecule has 87 heavy (non-hydrogen) atoms. The number of amides is 2. The van der Waals surface area contributed by atoms with E-state index in [0.29, 0.717) is 87.2 Å². The zero-order valence-electron chi connectivity index (χ0n) is 47.7. The molecule has 0 unspecified atom stereocenters. The van der Waals surface area contributed by atoms with Crippen molar-refractivity contribution in [1.29, 1.82) is 0 Å². The van der Waals surface area contributed by atoms with E-state index in [-0.39, 0.29) is 85.6 Å². The van der Waals surface area contributed by atoms with Crippen molar-refractivity contribution >= 4 is 93.7 Å². The molecule has 0 saturated carbocycles. The number of carbonyl (C=O) groups excluding carboxylic acids is 4. The topological polar surface area (TPSA) is 277 Å². The predicted molar refractivity (Wildman–Crippen MR) is 326 cm³/mol. The van der Waals surface area contributed by atoms with Crippen LogP contribution in [0.15, 0.2) is 126 Å². The van der Waals surface area contributed by atoms with E-state index in [1.54, 1.807) is 73.9 Å². The van der Waals surface area contributed by atoms with E-state index in [1.165, 1.54) is 6.07 Å². The van der Waals surface area contributed by atoms with E-state index in [9.17, 15) is 24.0 Å². The molecule has 3 fully saturated rings. The summed E-state index contributed by atoms with van der Waals surface area (Å²) in [5.74, 6) is 2.15. The molecule has 10 rings (SSSR count). The minimum Gasteiger partial charge on any atom is -0.870 e. The van der Waals surface area contributed by atoms with Crippen LogP contribution in [0.1, 0.15) is 68.2 Å². The maximum absolute atomic E-state index is 12.3. The van der Waals surface area contributed by atoms with Gasteiger partial charge in [0.1, 0.15) is 35.6 Å². The zero-order valence-corrected chi connectivity index (χ0v) is 52.2. The monoisotopic (exact) mass is 1300 g/mol. The van der Waals surface area contributed by atoms with Gasteiger partial charge in [-0.1, -0.05) is 87.8 Å². The molecule has 0 radical (unpaired) electrons. The summed E-state index contributed by atoms with van der Waals surface area (Å²) in [6.45, 7) is 6.86. The second-order valence-electron chi connectivity index (χ2n) is 18.9. The normalized spacial score (nSPS) is 13.9. The third-order valence-corrected chi connectivity index (χ3v) is 13.8. The summed E-state index contributed by atoms with van der Waals surface area (Å²) in [4.78, 5) is 60.1. The Morgan fingerprint density at radius 1 is 0.529 bits per heavy atom. The number of hydrogen-bond acceptors (Lipinski definition) is 18. The van der Waals surface area contributed by atoms with E-state index in [2.05, 4.69) is 46.1 Å². The van der Waals surface area contributed by atoms with Crippen LogP contribution in [0.4, 0.5) is 0 Å². The Balaban J connectivity index is 0.000000241. The van der Waals surface area contributed by atoms with Gasteiger partial charge in [0.05, 0.1) is 43.0 Å². The molecule has 3 aliphatic heterocycles. The number of piperidine rings is 3. The van der Waals surface area contributed by atoms with Crippen molar-refractivity contribution in [3.8, 4) is 17.2 Å². The number of nitrogens with one attached hydrogen (secondary N) is 2. The molecule has 3 saturated heterocycles. The largest absolute Gasteiger partial charge is 1.00 e. The number of aromatic amines is 1. The Labute approximate surface area is 545 Å². The summed E-state index contributed by atoms with van der Waals surface area (Å²) in [5.41, 5.74) is 2.06. The third kappa shape index (κ3) is 28.5. The standard InChI is InChI=1S/C17H17Cl2N3O2.C17H18ClN3O3.C11H14ClNO.C8H9ClN2O2.C6H4ClN2O.Li.H2O/c18-12-2-1-3-15(10-12)24-14-6-8-22(9-7-14)17(23)11-13-4-5-16(19)21-20-13;18-12-2-1-3-15(10-12)24-14-6-8-21(9-7-14)17(23)11-13-4-5-16(22)20-19-13;12-9-2-1-3-11(8-9)14-10-4-6-13-7-5-10;1-2-13-8(12)5-6-3-4-7(9)11-10-6;7-6-2-1-5(3-4-10)8-9-6;;/h1-5,10,14H,6-9,11H2;1-5,10,14H,6-9,11H2,(H,20,22);1-3,8,10,13H,4-7H2;3-4H,2,5H2,1H3;1-2H,3H2;;1H2/q;;;;-1;+1;/p-1. The molecule has 2 amide bonds. The van der Waals surface area contributed by atoms with Crippen LogP contribution in [-0.2, 0) is 49.6 Å². The quantitative estimate of drug-likeness (QED) is 0.0610. The molecule has 0 aliphatic carbocycles. The first-order valence-electron chi connectivity index (χ1n) is 27.1. The number of aromatic nitrogens is 8. The number of likely N-dealkylation sites (tertiary alicyclic amines) is 2. The van der Waals surface area contributed by atoms with Gasteiger partial charge in [0.2, 0.25) is 11.8 Å². The van der Waals surface area contributed by atoms with Crippen LogP contribution in [0.25, 0.3) is 0 Å². The second-order valence-corrected chi connectivity index (χ2v) is 21.4. The smallest absolute Gasteiger partial charge is 0.870 e. The van der Waals surface area contributed by atoms with Crippen molar-refractivity contribution in [3.05, 3.63) is 185 Å². The fourth-order valence-electron chi connectivity index (χ4n) is 8.31. The van der Waals surface area contributed by atoms with Gasteiger partial charge in [0.15, 0.2) is 15.5 Å². The summed E-state index contributed by atoms with van der Waals surface area (Å²) >= 11 is 34.4. The number of H-pyrrole nitrogens is 1. The van der Waals surface area contributed by atoms with Gasteiger partial charge in [-0.05, 0) is 130 Å². The van der Waals surface area contributed by atoms with E-state index in [0.717, 1.165) is 73.9 Å². The zero-order chi connectivity index (χ0) is 60.8. The summed E-state index contributed by atoms with van der Waals surface area (Å²) in [7, 11) is 0. The SMILES string of the molecule is CCOC(=O)Cc1ccc(Cl)nn1.Clc1cccc(OC2CCNCC2)c1.O=C(Cc1ccc(=O)[nH]n1)N1CCC(Oc2cccc(Cl)c2)CC1.O=C(Cc1ccc(Cl)nn1)N1CCC(Oc2cccc(Cl)c2)CC1.O=[C-]Cc1ccc(Cl)nn1.[Li+].[OH-]. The molecule has 0 bridgehead atoms. The molecule has 7 aromatic rings. The summed E-state index contributed by atoms with van der Waals surface area (Å²) in [6.07, 6.45) is 8.27. The number of carbonyl (C=O) groups is 3. The van der Waals surface area contributed by atoms with Crippen LogP contribution < -0.4 is 43.9 Å². The molecule has 21 nitrogen and oxygen atoms in total. The fraction of sp³-hybridized carbons (Fsp3) is 0.356. The van der Waals surface area contributed by atoms with Gasteiger partial charge in [-0.15, -0.1) is 21.7 Å². The minimum absolute atomic E-state index is 0. The number of halogens is 6. The first kappa shape index (κ1) is 73.0. The average Bonchev–Trinajstić information content (AvgIpc) is 3.71. The number of ether oxygens (including phenoxy) is 4. The van der Waals surface area contributed by atoms with Crippen molar-refractivity contribution in [1.82, 2.24) is 55.9 Å². The van der Waals surface area contributed by atoms with Crippen molar-refractivity contribution in [2.24, 2.45) is 0 Å². The van der Waals surface area contributed by atoms with Crippen molar-refractivity contribution in [2.45, 2.75) is 89.4 Å². The molecule has 3 aromatic carbocycles. The Hall–Kier alpha value is -6.48. The summed E-state index contributed by atoms with van der Waals surface area (Å²) in [5, 5.41) is 34.7. The molecular formula is C59H63Cl6LiN11O10-. The minimum atomic E-state index is -0.306. The summed E-state index contributed by atoms with van der Waals surface area (Å²) < 4.78 is 22.4.